The van der Waals surface area contributed by atoms with Crippen LogP contribution in [0.2, 0.25) is 0 Å². The first-order chi connectivity index (χ1) is 10.2. The van der Waals surface area contributed by atoms with Crippen LogP contribution in [0, 0.1) is 17.7 Å². The molecule has 0 saturated heterocycles. The van der Waals surface area contributed by atoms with Gasteiger partial charge in [0.05, 0.1) is 5.56 Å². The van der Waals surface area contributed by atoms with E-state index in [1.807, 2.05) is 0 Å². The van der Waals surface area contributed by atoms with Crippen LogP contribution in [0.15, 0.2) is 24.5 Å². The van der Waals surface area contributed by atoms with Gasteiger partial charge in [0.15, 0.2) is 0 Å². The van der Waals surface area contributed by atoms with Gasteiger partial charge in [-0.05, 0) is 18.2 Å². The second kappa shape index (κ2) is 7.17. The van der Waals surface area contributed by atoms with Crippen molar-refractivity contribution in [2.45, 2.75) is 6.42 Å². The summed E-state index contributed by atoms with van der Waals surface area (Å²) in [6.07, 6.45) is 1.86. The molecule has 2 rings (SSSR count). The summed E-state index contributed by atoms with van der Waals surface area (Å²) in [6.45, 7) is 0.0189. The number of halogens is 1. The normalized spacial score (nSPS) is 9.81. The van der Waals surface area contributed by atoms with Crippen molar-refractivity contribution in [2.75, 3.05) is 13.2 Å². The number of aliphatic hydroxyl groups excluding tert-OH is 1. The summed E-state index contributed by atoms with van der Waals surface area (Å²) in [4.78, 5) is 15.8. The number of carbonyl (C=O) groups is 1. The number of aromatic nitrogens is 3. The van der Waals surface area contributed by atoms with E-state index in [4.69, 9.17) is 5.11 Å². The molecule has 2 aromatic rings. The Balaban J connectivity index is 1.95. The highest BCUT2D eigenvalue weighted by Gasteiger charge is 2.11. The molecule has 7 heteroatoms. The van der Waals surface area contributed by atoms with Crippen molar-refractivity contribution >= 4 is 5.91 Å². The van der Waals surface area contributed by atoms with Gasteiger partial charge in [0, 0.05) is 18.5 Å². The van der Waals surface area contributed by atoms with Gasteiger partial charge < -0.3 is 10.4 Å². The molecule has 0 unspecified atom stereocenters. The zero-order chi connectivity index (χ0) is 15.1. The highest BCUT2D eigenvalue weighted by atomic mass is 19.1. The maximum absolute atomic E-state index is 13.8. The van der Waals surface area contributed by atoms with E-state index in [-0.39, 0.29) is 12.2 Å². The lowest BCUT2D eigenvalue weighted by atomic mass is 10.1. The zero-order valence-electron chi connectivity index (χ0n) is 11.1. The third kappa shape index (κ3) is 4.12. The number of nitrogens with zero attached hydrogens (tertiary/aromatic N) is 2. The maximum Gasteiger partial charge on any atom is 0.254 e. The number of hydrogen-bond acceptors (Lipinski definition) is 4. The topological polar surface area (TPSA) is 90.9 Å². The molecular formula is C14H13FN4O2. The van der Waals surface area contributed by atoms with Gasteiger partial charge in [-0.2, -0.15) is 5.10 Å². The average Bonchev–Trinajstić information content (AvgIpc) is 2.98. The third-order valence-electron chi connectivity index (χ3n) is 2.64. The first-order valence-electron chi connectivity index (χ1n) is 6.22. The lowest BCUT2D eigenvalue weighted by Gasteiger charge is -2.05. The molecular weight excluding hydrogens is 275 g/mol. The van der Waals surface area contributed by atoms with Crippen LogP contribution in [-0.2, 0) is 6.42 Å². The Labute approximate surface area is 120 Å². The summed E-state index contributed by atoms with van der Waals surface area (Å²) in [7, 11) is 0. The fourth-order valence-electron chi connectivity index (χ4n) is 1.66. The van der Waals surface area contributed by atoms with Crippen molar-refractivity contribution in [1.29, 1.82) is 0 Å². The number of hydrogen-bond donors (Lipinski definition) is 3. The van der Waals surface area contributed by atoms with E-state index < -0.39 is 11.7 Å². The lowest BCUT2D eigenvalue weighted by Crippen LogP contribution is -2.26. The van der Waals surface area contributed by atoms with Crippen LogP contribution in [0.3, 0.4) is 0 Å². The summed E-state index contributed by atoms with van der Waals surface area (Å²) in [5.41, 5.74) is 0.349. The van der Waals surface area contributed by atoms with Crippen molar-refractivity contribution in [2.24, 2.45) is 0 Å². The first-order valence-corrected chi connectivity index (χ1v) is 6.22. The molecule has 21 heavy (non-hydrogen) atoms. The second-order valence-electron chi connectivity index (χ2n) is 4.09. The molecule has 0 fully saturated rings. The van der Waals surface area contributed by atoms with E-state index in [0.29, 0.717) is 24.4 Å². The Morgan fingerprint density at radius 2 is 2.33 bits per heavy atom. The lowest BCUT2D eigenvalue weighted by molar-refractivity contribution is 0.0950. The summed E-state index contributed by atoms with van der Waals surface area (Å²) < 4.78 is 13.8. The number of aromatic amines is 1. The van der Waals surface area contributed by atoms with Gasteiger partial charge in [0.25, 0.3) is 5.91 Å². The van der Waals surface area contributed by atoms with Gasteiger partial charge in [-0.15, -0.1) is 0 Å². The number of H-pyrrole nitrogens is 1. The molecule has 6 nitrogen and oxygen atoms in total. The number of nitrogens with one attached hydrogen (secondary N) is 2. The van der Waals surface area contributed by atoms with Crippen molar-refractivity contribution in [3.8, 4) is 11.8 Å². The smallest absolute Gasteiger partial charge is 0.254 e. The van der Waals surface area contributed by atoms with Gasteiger partial charge in [-0.1, -0.05) is 11.8 Å². The summed E-state index contributed by atoms with van der Waals surface area (Å²) in [5.74, 6) is 4.47. The van der Waals surface area contributed by atoms with Crippen LogP contribution in [0.1, 0.15) is 21.7 Å². The van der Waals surface area contributed by atoms with E-state index in [2.05, 4.69) is 32.3 Å². The predicted molar refractivity (Wildman–Crippen MR) is 72.8 cm³/mol. The molecule has 0 atom stereocenters. The monoisotopic (exact) mass is 288 g/mol. The molecule has 0 aliphatic heterocycles. The molecule has 0 aliphatic carbocycles. The predicted octanol–water partition coefficient (Wildman–Crippen LogP) is 0.260. The van der Waals surface area contributed by atoms with Crippen LogP contribution >= 0.6 is 0 Å². The van der Waals surface area contributed by atoms with Gasteiger partial charge in [-0.25, -0.2) is 9.37 Å². The Morgan fingerprint density at radius 3 is 3.00 bits per heavy atom. The minimum atomic E-state index is -0.656. The maximum atomic E-state index is 13.8. The second-order valence-corrected chi connectivity index (χ2v) is 4.09. The molecule has 1 aromatic carbocycles. The zero-order valence-corrected chi connectivity index (χ0v) is 11.1. The van der Waals surface area contributed by atoms with Crippen molar-refractivity contribution < 1.29 is 14.3 Å². The molecule has 1 amide bonds. The Kier molecular flexibility index (Phi) is 5.01. The molecule has 0 saturated carbocycles. The van der Waals surface area contributed by atoms with Crippen molar-refractivity contribution in [1.82, 2.24) is 20.5 Å². The van der Waals surface area contributed by atoms with Crippen LogP contribution in [0.25, 0.3) is 0 Å². The Hall–Kier alpha value is -2.72. The van der Waals surface area contributed by atoms with E-state index >= 15 is 0 Å². The fraction of sp³-hybridized carbons (Fsp3) is 0.214. The Morgan fingerprint density at radius 1 is 1.48 bits per heavy atom. The number of benzene rings is 1. The van der Waals surface area contributed by atoms with E-state index in [1.54, 1.807) is 0 Å². The molecule has 0 aliphatic rings. The van der Waals surface area contributed by atoms with Crippen molar-refractivity contribution in [3.05, 3.63) is 47.3 Å². The SMILES string of the molecule is O=C(NCCc1ncn[nH]1)c1ccc(C#CCO)cc1F. The summed E-state index contributed by atoms with van der Waals surface area (Å²) >= 11 is 0. The first kappa shape index (κ1) is 14.7. The van der Waals surface area contributed by atoms with Crippen LogP contribution in [0.5, 0.6) is 0 Å². The minimum absolute atomic E-state index is 0.0536. The quantitative estimate of drug-likeness (QED) is 0.704. The standard InChI is InChI=1S/C14H13FN4O2/c15-12-8-10(2-1-7-20)3-4-11(12)14(21)16-6-5-13-17-9-18-19-13/h3-4,8-9,20H,5-7H2,(H,16,21)(H,17,18,19). The van der Waals surface area contributed by atoms with Crippen LogP contribution in [-0.4, -0.2) is 39.3 Å². The summed E-state index contributed by atoms with van der Waals surface area (Å²) in [6, 6.07) is 4.05. The van der Waals surface area contributed by atoms with E-state index in [0.717, 1.165) is 6.07 Å². The van der Waals surface area contributed by atoms with Crippen molar-refractivity contribution in [3.63, 3.8) is 0 Å². The van der Waals surface area contributed by atoms with Gasteiger partial charge in [0.1, 0.15) is 24.6 Å². The molecule has 0 radical (unpaired) electrons. The summed E-state index contributed by atoms with van der Waals surface area (Å²) in [5, 5.41) is 17.5. The fourth-order valence-corrected chi connectivity index (χ4v) is 1.66. The van der Waals surface area contributed by atoms with Crippen LogP contribution < -0.4 is 5.32 Å². The molecule has 1 aromatic heterocycles. The highest BCUT2D eigenvalue weighted by molar-refractivity contribution is 5.94. The molecule has 1 heterocycles. The van der Waals surface area contributed by atoms with Gasteiger partial charge >= 0.3 is 0 Å². The molecule has 3 N–H and O–H groups in total. The number of carbonyl (C=O) groups excluding carboxylic acids is 1. The molecule has 0 spiro atoms. The molecule has 108 valence electrons. The molecule has 0 bridgehead atoms. The van der Waals surface area contributed by atoms with Gasteiger partial charge in [0.2, 0.25) is 0 Å². The average molecular weight is 288 g/mol. The highest BCUT2D eigenvalue weighted by Crippen LogP contribution is 2.09. The largest absolute Gasteiger partial charge is 0.384 e. The van der Waals surface area contributed by atoms with Crippen LogP contribution in [0.4, 0.5) is 4.39 Å². The van der Waals surface area contributed by atoms with E-state index in [1.165, 1.54) is 18.5 Å². The van der Waals surface area contributed by atoms with E-state index in [9.17, 15) is 9.18 Å². The minimum Gasteiger partial charge on any atom is -0.384 e. The Bertz CT molecular complexity index is 674. The third-order valence-corrected chi connectivity index (χ3v) is 2.64. The number of amides is 1. The number of rotatable bonds is 4. The van der Waals surface area contributed by atoms with Gasteiger partial charge in [-0.3, -0.25) is 9.89 Å². The number of aliphatic hydroxyl groups is 1.